The van der Waals surface area contributed by atoms with Crippen LogP contribution in [0, 0.1) is 0 Å². The van der Waals surface area contributed by atoms with E-state index >= 15 is 0 Å². The lowest BCUT2D eigenvalue weighted by Gasteiger charge is -2.05. The molecule has 0 N–H and O–H groups in total. The second kappa shape index (κ2) is 6.02. The topological polar surface area (TPSA) is 0 Å². The third-order valence-corrected chi connectivity index (χ3v) is 4.43. The van der Waals surface area contributed by atoms with Crippen LogP contribution in [-0.2, 0) is 6.42 Å². The van der Waals surface area contributed by atoms with Gasteiger partial charge < -0.3 is 0 Å². The van der Waals surface area contributed by atoms with E-state index in [1.54, 1.807) is 5.19 Å². The van der Waals surface area contributed by atoms with Crippen LogP contribution in [0.4, 0.5) is 0 Å². The normalized spacial score (nSPS) is 10.9. The first-order valence-electron chi connectivity index (χ1n) is 5.83. The molecule has 0 aliphatic carbocycles. The van der Waals surface area contributed by atoms with Gasteiger partial charge in [0.05, 0.1) is 8.80 Å². The van der Waals surface area contributed by atoms with E-state index < -0.39 is 8.80 Å². The molecule has 0 aromatic heterocycles. The van der Waals surface area contributed by atoms with Gasteiger partial charge in [-0.1, -0.05) is 62.3 Å². The Labute approximate surface area is 90.0 Å². The van der Waals surface area contributed by atoms with Gasteiger partial charge in [0.15, 0.2) is 0 Å². The molecule has 0 radical (unpaired) electrons. The second-order valence-electron chi connectivity index (χ2n) is 4.35. The van der Waals surface area contributed by atoms with Crippen molar-refractivity contribution in [2.75, 3.05) is 0 Å². The number of hydrogen-bond donors (Lipinski definition) is 0. The third kappa shape index (κ3) is 3.67. The summed E-state index contributed by atoms with van der Waals surface area (Å²) in [5, 5.41) is 1.59. The van der Waals surface area contributed by atoms with Gasteiger partial charge in [0.2, 0.25) is 0 Å². The Morgan fingerprint density at radius 2 is 1.64 bits per heavy atom. The molecule has 0 saturated heterocycles. The average Bonchev–Trinajstić information content (AvgIpc) is 2.19. The molecule has 0 saturated carbocycles. The summed E-state index contributed by atoms with van der Waals surface area (Å²) < 4.78 is 0. The molecule has 0 fully saturated rings. The van der Waals surface area contributed by atoms with E-state index in [-0.39, 0.29) is 0 Å². The lowest BCUT2D eigenvalue weighted by molar-refractivity contribution is 0.717. The summed E-state index contributed by atoms with van der Waals surface area (Å²) in [7, 11) is -0.583. The van der Waals surface area contributed by atoms with Crippen LogP contribution < -0.4 is 5.19 Å². The van der Waals surface area contributed by atoms with Crippen molar-refractivity contribution in [2.24, 2.45) is 0 Å². The van der Waals surface area contributed by atoms with E-state index in [9.17, 15) is 0 Å². The van der Waals surface area contributed by atoms with Gasteiger partial charge in [0, 0.05) is 0 Å². The number of unbranched alkanes of at least 4 members (excludes halogenated alkanes) is 2. The highest BCUT2D eigenvalue weighted by Gasteiger charge is 1.99. The summed E-state index contributed by atoms with van der Waals surface area (Å²) in [5.74, 6) is 0. The van der Waals surface area contributed by atoms with Crippen LogP contribution in [0.25, 0.3) is 0 Å². The lowest BCUT2D eigenvalue weighted by Crippen LogP contribution is -2.21. The first-order valence-corrected chi connectivity index (χ1v) is 8.71. The fraction of sp³-hybridized carbons (Fsp3) is 0.538. The molecule has 0 amide bonds. The van der Waals surface area contributed by atoms with Crippen molar-refractivity contribution in [1.82, 2.24) is 0 Å². The fourth-order valence-electron chi connectivity index (χ4n) is 1.65. The minimum atomic E-state index is -0.583. The Hall–Kier alpha value is -0.563. The Kier molecular flexibility index (Phi) is 4.95. The van der Waals surface area contributed by atoms with Crippen molar-refractivity contribution >= 4 is 14.0 Å². The number of aryl methyl sites for hydroxylation is 1. The molecule has 0 spiro atoms. The van der Waals surface area contributed by atoms with Gasteiger partial charge >= 0.3 is 0 Å². The Morgan fingerprint density at radius 3 is 2.14 bits per heavy atom. The lowest BCUT2D eigenvalue weighted by atomic mass is 10.1. The predicted octanol–water partition coefficient (Wildman–Crippen LogP) is 3.11. The van der Waals surface area contributed by atoms with Crippen LogP contribution in [0.2, 0.25) is 13.1 Å². The summed E-state index contributed by atoms with van der Waals surface area (Å²) in [4.78, 5) is 0. The van der Waals surface area contributed by atoms with Crippen molar-refractivity contribution in [3.8, 4) is 0 Å². The molecule has 0 heterocycles. The van der Waals surface area contributed by atoms with Crippen LogP contribution in [-0.4, -0.2) is 8.80 Å². The van der Waals surface area contributed by atoms with Gasteiger partial charge in [-0.2, -0.15) is 0 Å². The van der Waals surface area contributed by atoms with Gasteiger partial charge in [-0.3, -0.25) is 0 Å². The molecule has 0 unspecified atom stereocenters. The van der Waals surface area contributed by atoms with Gasteiger partial charge in [-0.05, 0) is 18.4 Å². The second-order valence-corrected chi connectivity index (χ2v) is 7.33. The molecule has 78 valence electrons. The van der Waals surface area contributed by atoms with Crippen molar-refractivity contribution in [2.45, 2.75) is 45.7 Å². The zero-order valence-corrected chi connectivity index (χ0v) is 10.9. The Balaban J connectivity index is 2.47. The Morgan fingerprint density at radius 1 is 1.00 bits per heavy atom. The minimum Gasteiger partial charge on any atom is -0.0682 e. The first kappa shape index (κ1) is 11.5. The quantitative estimate of drug-likeness (QED) is 0.513. The number of hydrogen-bond acceptors (Lipinski definition) is 0. The smallest absolute Gasteiger partial charge is 0.0647 e. The van der Waals surface area contributed by atoms with Crippen molar-refractivity contribution < 1.29 is 0 Å². The van der Waals surface area contributed by atoms with E-state index in [4.69, 9.17) is 0 Å². The monoisotopic (exact) mass is 206 g/mol. The molecule has 1 heteroatoms. The molecule has 0 bridgehead atoms. The van der Waals surface area contributed by atoms with Crippen molar-refractivity contribution in [3.05, 3.63) is 29.8 Å². The maximum Gasteiger partial charge on any atom is 0.0647 e. The molecule has 0 atom stereocenters. The average molecular weight is 206 g/mol. The molecule has 1 aromatic carbocycles. The van der Waals surface area contributed by atoms with Gasteiger partial charge in [0.1, 0.15) is 0 Å². The molecular weight excluding hydrogens is 184 g/mol. The van der Waals surface area contributed by atoms with Crippen LogP contribution in [0.1, 0.15) is 31.7 Å². The summed E-state index contributed by atoms with van der Waals surface area (Å²) in [6.45, 7) is 7.02. The van der Waals surface area contributed by atoms with Crippen molar-refractivity contribution in [1.29, 1.82) is 0 Å². The van der Waals surface area contributed by atoms with E-state index in [1.807, 2.05) is 0 Å². The molecule has 0 aliphatic heterocycles. The predicted molar refractivity (Wildman–Crippen MR) is 68.2 cm³/mol. The van der Waals surface area contributed by atoms with Gasteiger partial charge in [-0.25, -0.2) is 0 Å². The van der Waals surface area contributed by atoms with Crippen LogP contribution in [0.3, 0.4) is 0 Å². The number of rotatable bonds is 5. The summed E-state index contributed by atoms with van der Waals surface area (Å²) in [5.41, 5.74) is 1.51. The molecular formula is C13H22Si. The maximum atomic E-state index is 2.38. The molecule has 1 rings (SSSR count). The maximum absolute atomic E-state index is 2.38. The highest BCUT2D eigenvalue weighted by atomic mass is 28.3. The standard InChI is InChI=1S/C13H22Si/c1-4-5-6-7-12-8-10-13(11-9-12)14(2)3/h8-11,14H,4-7H2,1-3H3. The van der Waals surface area contributed by atoms with Gasteiger partial charge in [-0.15, -0.1) is 0 Å². The SMILES string of the molecule is CCCCCc1ccc([SiH](C)C)cc1. The zero-order valence-electron chi connectivity index (χ0n) is 9.72. The largest absolute Gasteiger partial charge is 0.0682 e. The molecule has 1 aromatic rings. The zero-order chi connectivity index (χ0) is 10.4. The summed E-state index contributed by atoms with van der Waals surface area (Å²) in [6.07, 6.45) is 5.28. The van der Waals surface area contributed by atoms with E-state index in [1.165, 1.54) is 31.2 Å². The minimum absolute atomic E-state index is 0.583. The number of benzene rings is 1. The Bertz CT molecular complexity index is 248. The highest BCUT2D eigenvalue weighted by Crippen LogP contribution is 2.05. The van der Waals surface area contributed by atoms with E-state index in [0.717, 1.165) is 0 Å². The third-order valence-electron chi connectivity index (χ3n) is 2.72. The van der Waals surface area contributed by atoms with Gasteiger partial charge in [0.25, 0.3) is 0 Å². The molecule has 14 heavy (non-hydrogen) atoms. The van der Waals surface area contributed by atoms with Crippen LogP contribution >= 0.6 is 0 Å². The van der Waals surface area contributed by atoms with Crippen LogP contribution in [0.15, 0.2) is 24.3 Å². The highest BCUT2D eigenvalue weighted by molar-refractivity contribution is 6.70. The summed E-state index contributed by atoms with van der Waals surface area (Å²) >= 11 is 0. The van der Waals surface area contributed by atoms with E-state index in [0.29, 0.717) is 0 Å². The van der Waals surface area contributed by atoms with E-state index in [2.05, 4.69) is 44.3 Å². The molecule has 0 nitrogen and oxygen atoms in total. The fourth-order valence-corrected chi connectivity index (χ4v) is 2.61. The first-order chi connectivity index (χ1) is 6.74. The summed E-state index contributed by atoms with van der Waals surface area (Å²) in [6, 6.07) is 9.30. The van der Waals surface area contributed by atoms with Crippen molar-refractivity contribution in [3.63, 3.8) is 0 Å². The molecule has 0 aliphatic rings. The van der Waals surface area contributed by atoms with Crippen LogP contribution in [0.5, 0.6) is 0 Å².